The Labute approximate surface area is 80.8 Å². The second-order valence-corrected chi connectivity index (χ2v) is 8.86. The largest absolute Gasteiger partial charge is 0.400 e. The van der Waals surface area contributed by atoms with Crippen LogP contribution in [0.2, 0.25) is 19.6 Å². The number of rotatable bonds is 2. The first-order chi connectivity index (χ1) is 5.97. The van der Waals surface area contributed by atoms with E-state index in [1.807, 2.05) is 0 Å². The van der Waals surface area contributed by atoms with Crippen molar-refractivity contribution in [3.63, 3.8) is 0 Å². The topological polar surface area (TPSA) is 42.2 Å². The van der Waals surface area contributed by atoms with Gasteiger partial charge in [-0.3, -0.25) is 0 Å². The van der Waals surface area contributed by atoms with Crippen LogP contribution in [0.5, 0.6) is 0 Å². The van der Waals surface area contributed by atoms with Gasteiger partial charge in [0.2, 0.25) is 0 Å². The van der Waals surface area contributed by atoms with Gasteiger partial charge in [-0.15, -0.1) is 0 Å². The van der Waals surface area contributed by atoms with Gasteiger partial charge in [0.05, 0.1) is 19.3 Å². The molecule has 0 bridgehead atoms. The summed E-state index contributed by atoms with van der Waals surface area (Å²) in [5.41, 5.74) is -0.553. The van der Waals surface area contributed by atoms with Crippen molar-refractivity contribution in [3.8, 4) is 6.07 Å². The fourth-order valence-corrected chi connectivity index (χ4v) is 2.95. The SMILES string of the molecule is C[Si](C)(C)OC1(C#N)CCOCC1. The van der Waals surface area contributed by atoms with Crippen molar-refractivity contribution >= 4 is 8.32 Å². The molecule has 0 atom stereocenters. The van der Waals surface area contributed by atoms with Gasteiger partial charge in [-0.1, -0.05) is 0 Å². The van der Waals surface area contributed by atoms with Crippen LogP contribution in [0, 0.1) is 11.3 Å². The van der Waals surface area contributed by atoms with Crippen molar-refractivity contribution in [1.82, 2.24) is 0 Å². The Balaban J connectivity index is 2.65. The Kier molecular flexibility index (Phi) is 3.12. The average Bonchev–Trinajstić information content (AvgIpc) is 2.03. The molecule has 1 aliphatic rings. The molecule has 0 aromatic rings. The molecule has 4 heteroatoms. The van der Waals surface area contributed by atoms with Gasteiger partial charge in [-0.05, 0) is 19.6 Å². The lowest BCUT2D eigenvalue weighted by molar-refractivity contribution is -0.0166. The maximum Gasteiger partial charge on any atom is 0.185 e. The summed E-state index contributed by atoms with van der Waals surface area (Å²) >= 11 is 0. The van der Waals surface area contributed by atoms with E-state index in [1.165, 1.54) is 0 Å². The summed E-state index contributed by atoms with van der Waals surface area (Å²) in [6.07, 6.45) is 1.43. The Hall–Kier alpha value is -0.373. The third-order valence-corrected chi connectivity index (χ3v) is 3.01. The van der Waals surface area contributed by atoms with E-state index in [-0.39, 0.29) is 0 Å². The summed E-state index contributed by atoms with van der Waals surface area (Å²) in [7, 11) is -1.62. The first-order valence-corrected chi connectivity index (χ1v) is 8.07. The zero-order valence-electron chi connectivity index (χ0n) is 8.59. The van der Waals surface area contributed by atoms with E-state index in [0.717, 1.165) is 0 Å². The van der Waals surface area contributed by atoms with E-state index in [0.29, 0.717) is 26.1 Å². The van der Waals surface area contributed by atoms with Crippen LogP contribution in [0.25, 0.3) is 0 Å². The lowest BCUT2D eigenvalue weighted by atomic mass is 9.97. The van der Waals surface area contributed by atoms with E-state index in [9.17, 15) is 0 Å². The van der Waals surface area contributed by atoms with Crippen LogP contribution < -0.4 is 0 Å². The summed E-state index contributed by atoms with van der Waals surface area (Å²) in [5, 5.41) is 9.10. The Morgan fingerprint density at radius 2 is 1.85 bits per heavy atom. The van der Waals surface area contributed by atoms with Crippen molar-refractivity contribution in [3.05, 3.63) is 0 Å². The monoisotopic (exact) mass is 199 g/mol. The van der Waals surface area contributed by atoms with E-state index >= 15 is 0 Å². The molecular formula is C9H17NO2Si. The van der Waals surface area contributed by atoms with Crippen LogP contribution in [0.1, 0.15) is 12.8 Å². The molecule has 0 unspecified atom stereocenters. The van der Waals surface area contributed by atoms with Crippen molar-refractivity contribution in [1.29, 1.82) is 5.26 Å². The minimum atomic E-state index is -1.62. The number of hydrogen-bond donors (Lipinski definition) is 0. The van der Waals surface area contributed by atoms with Gasteiger partial charge in [0.15, 0.2) is 8.32 Å². The smallest absolute Gasteiger partial charge is 0.185 e. The fourth-order valence-electron chi connectivity index (χ4n) is 1.52. The number of nitrogens with zero attached hydrogens (tertiary/aromatic N) is 1. The van der Waals surface area contributed by atoms with E-state index in [4.69, 9.17) is 14.4 Å². The minimum absolute atomic E-state index is 0.553. The molecule has 1 rings (SSSR count). The third kappa shape index (κ3) is 3.11. The normalized spacial score (nSPS) is 22.3. The quantitative estimate of drug-likeness (QED) is 0.638. The van der Waals surface area contributed by atoms with Crippen LogP contribution in [-0.2, 0) is 9.16 Å². The molecule has 0 saturated carbocycles. The molecule has 0 spiro atoms. The van der Waals surface area contributed by atoms with Gasteiger partial charge in [-0.2, -0.15) is 5.26 Å². The Morgan fingerprint density at radius 1 is 1.31 bits per heavy atom. The molecule has 74 valence electrons. The molecule has 0 N–H and O–H groups in total. The van der Waals surface area contributed by atoms with Crippen molar-refractivity contribution in [2.24, 2.45) is 0 Å². The first-order valence-electron chi connectivity index (χ1n) is 4.67. The molecule has 0 aliphatic carbocycles. The number of hydrogen-bond acceptors (Lipinski definition) is 3. The molecule has 1 heterocycles. The minimum Gasteiger partial charge on any atom is -0.400 e. The lowest BCUT2D eigenvalue weighted by Crippen LogP contribution is -2.45. The predicted molar refractivity (Wildman–Crippen MR) is 52.8 cm³/mol. The second-order valence-electron chi connectivity index (χ2n) is 4.43. The van der Waals surface area contributed by atoms with Crippen LogP contribution in [0.3, 0.4) is 0 Å². The van der Waals surface area contributed by atoms with Crippen LogP contribution >= 0.6 is 0 Å². The molecule has 0 aromatic carbocycles. The number of nitriles is 1. The van der Waals surface area contributed by atoms with E-state index < -0.39 is 13.9 Å². The molecule has 13 heavy (non-hydrogen) atoms. The van der Waals surface area contributed by atoms with Gasteiger partial charge in [0, 0.05) is 12.8 Å². The highest BCUT2D eigenvalue weighted by Crippen LogP contribution is 2.27. The second kappa shape index (κ2) is 3.78. The average molecular weight is 199 g/mol. The first kappa shape index (κ1) is 10.7. The highest BCUT2D eigenvalue weighted by Gasteiger charge is 2.37. The molecule has 0 radical (unpaired) electrons. The maximum absolute atomic E-state index is 9.10. The lowest BCUT2D eigenvalue weighted by Gasteiger charge is -2.36. The van der Waals surface area contributed by atoms with Crippen molar-refractivity contribution in [2.45, 2.75) is 38.1 Å². The van der Waals surface area contributed by atoms with Crippen LogP contribution in [0.4, 0.5) is 0 Å². The maximum atomic E-state index is 9.10. The Bertz CT molecular complexity index is 211. The summed E-state index contributed by atoms with van der Waals surface area (Å²) < 4.78 is 11.1. The highest BCUT2D eigenvalue weighted by atomic mass is 28.4. The van der Waals surface area contributed by atoms with Gasteiger partial charge < -0.3 is 9.16 Å². The van der Waals surface area contributed by atoms with Crippen LogP contribution in [0.15, 0.2) is 0 Å². The zero-order chi connectivity index (χ0) is 9.95. The highest BCUT2D eigenvalue weighted by molar-refractivity contribution is 6.69. The fraction of sp³-hybridized carbons (Fsp3) is 0.889. The Morgan fingerprint density at radius 3 is 2.23 bits per heavy atom. The predicted octanol–water partition coefficient (Wildman–Crippen LogP) is 1.91. The van der Waals surface area contributed by atoms with Crippen LogP contribution in [-0.4, -0.2) is 27.1 Å². The molecule has 0 aromatic heterocycles. The van der Waals surface area contributed by atoms with Gasteiger partial charge in [-0.25, -0.2) is 0 Å². The zero-order valence-corrected chi connectivity index (χ0v) is 9.59. The van der Waals surface area contributed by atoms with Crippen molar-refractivity contribution in [2.75, 3.05) is 13.2 Å². The summed E-state index contributed by atoms with van der Waals surface area (Å²) in [6, 6.07) is 2.31. The number of ether oxygens (including phenoxy) is 1. The molecule has 3 nitrogen and oxygen atoms in total. The third-order valence-electron chi connectivity index (χ3n) is 2.01. The standard InChI is InChI=1S/C9H17NO2Si/c1-13(2,3)12-9(8-10)4-6-11-7-5-9/h4-7H2,1-3H3. The summed E-state index contributed by atoms with van der Waals surface area (Å²) in [4.78, 5) is 0. The van der Waals surface area contributed by atoms with Gasteiger partial charge in [0.1, 0.15) is 5.60 Å². The van der Waals surface area contributed by atoms with Gasteiger partial charge >= 0.3 is 0 Å². The summed E-state index contributed by atoms with van der Waals surface area (Å²) in [5.74, 6) is 0. The van der Waals surface area contributed by atoms with Crippen molar-refractivity contribution < 1.29 is 9.16 Å². The van der Waals surface area contributed by atoms with E-state index in [1.54, 1.807) is 0 Å². The molecular weight excluding hydrogens is 182 g/mol. The van der Waals surface area contributed by atoms with Gasteiger partial charge in [0.25, 0.3) is 0 Å². The molecule has 0 amide bonds. The summed E-state index contributed by atoms with van der Waals surface area (Å²) in [6.45, 7) is 7.64. The molecule has 1 fully saturated rings. The van der Waals surface area contributed by atoms with E-state index in [2.05, 4.69) is 25.7 Å². The molecule has 1 aliphatic heterocycles. The molecule has 1 saturated heterocycles.